The molecule has 1 aliphatic carbocycles. The normalized spacial score (nSPS) is 26.3. The fourth-order valence-corrected chi connectivity index (χ4v) is 2.51. The smallest absolute Gasteiger partial charge is 0.314 e. The van der Waals surface area contributed by atoms with Crippen LogP contribution in [0.5, 0.6) is 0 Å². The first kappa shape index (κ1) is 14.3. The highest BCUT2D eigenvalue weighted by molar-refractivity contribution is 5.73. The molecule has 1 rings (SSSR count). The summed E-state index contributed by atoms with van der Waals surface area (Å²) in [5.41, 5.74) is 0. The molecule has 1 saturated carbocycles. The average Bonchev–Trinajstić information content (AvgIpc) is 2.26. The molecule has 0 spiro atoms. The van der Waals surface area contributed by atoms with Crippen molar-refractivity contribution in [3.63, 3.8) is 0 Å². The molecule has 1 aliphatic rings. The molecular formula is C13H26N2O2. The van der Waals surface area contributed by atoms with Crippen molar-refractivity contribution in [3.8, 4) is 0 Å². The van der Waals surface area contributed by atoms with Crippen LogP contribution < -0.4 is 10.6 Å². The molecule has 3 N–H and O–H groups in total. The van der Waals surface area contributed by atoms with E-state index in [0.29, 0.717) is 6.54 Å². The van der Waals surface area contributed by atoms with Gasteiger partial charge < -0.3 is 15.7 Å². The van der Waals surface area contributed by atoms with Gasteiger partial charge in [0, 0.05) is 13.1 Å². The molecule has 4 heteroatoms. The van der Waals surface area contributed by atoms with Gasteiger partial charge in [-0.25, -0.2) is 4.79 Å². The van der Waals surface area contributed by atoms with E-state index in [2.05, 4.69) is 17.6 Å². The van der Waals surface area contributed by atoms with Gasteiger partial charge in [-0.2, -0.15) is 0 Å². The molecular weight excluding hydrogens is 216 g/mol. The van der Waals surface area contributed by atoms with Gasteiger partial charge in [0.05, 0.1) is 6.10 Å². The Bertz CT molecular complexity index is 231. The highest BCUT2D eigenvalue weighted by Crippen LogP contribution is 2.30. The molecule has 100 valence electrons. The number of nitrogens with one attached hydrogen (secondary N) is 2. The van der Waals surface area contributed by atoms with Crippen LogP contribution in [0.25, 0.3) is 0 Å². The molecule has 0 bridgehead atoms. The lowest BCUT2D eigenvalue weighted by atomic mass is 9.81. The quantitative estimate of drug-likeness (QED) is 0.689. The summed E-state index contributed by atoms with van der Waals surface area (Å²) in [7, 11) is 0. The first-order valence-corrected chi connectivity index (χ1v) is 6.77. The first-order valence-electron chi connectivity index (χ1n) is 6.77. The molecule has 2 unspecified atom stereocenters. The van der Waals surface area contributed by atoms with Crippen LogP contribution in [-0.4, -0.2) is 30.3 Å². The molecule has 2 amide bonds. The second-order valence-electron chi connectivity index (χ2n) is 5.41. The van der Waals surface area contributed by atoms with Gasteiger partial charge in [0.2, 0.25) is 0 Å². The highest BCUT2D eigenvalue weighted by atomic mass is 16.3. The van der Waals surface area contributed by atoms with Gasteiger partial charge in [-0.05, 0) is 31.6 Å². The predicted molar refractivity (Wildman–Crippen MR) is 68.8 cm³/mol. The standard InChI is InChI=1S/C13H26N2O2/c1-10-4-3-5-12(8-10)6-7-14-13(17)15-9-11(2)16/h10-12,16H,3-9H2,1-2H3,(H2,14,15,17)/t10?,11-,12?/m1/s1. The number of carbonyl (C=O) groups excluding carboxylic acids is 1. The topological polar surface area (TPSA) is 61.4 Å². The van der Waals surface area contributed by atoms with E-state index < -0.39 is 6.10 Å². The van der Waals surface area contributed by atoms with Crippen LogP contribution in [0.2, 0.25) is 0 Å². The monoisotopic (exact) mass is 242 g/mol. The number of hydrogen-bond donors (Lipinski definition) is 3. The first-order chi connectivity index (χ1) is 8.08. The van der Waals surface area contributed by atoms with Crippen molar-refractivity contribution in [2.45, 2.75) is 52.1 Å². The van der Waals surface area contributed by atoms with Crippen LogP contribution in [0.3, 0.4) is 0 Å². The third kappa shape index (κ3) is 6.51. The summed E-state index contributed by atoms with van der Waals surface area (Å²) >= 11 is 0. The lowest BCUT2D eigenvalue weighted by Crippen LogP contribution is -2.39. The SMILES string of the molecule is CC1CCCC(CCNC(=O)NC[C@@H](C)O)C1. The van der Waals surface area contributed by atoms with Gasteiger partial charge >= 0.3 is 6.03 Å². The zero-order valence-electron chi connectivity index (χ0n) is 11.0. The molecule has 1 fully saturated rings. The van der Waals surface area contributed by atoms with Gasteiger partial charge in [0.1, 0.15) is 0 Å². The second kappa shape index (κ2) is 7.54. The van der Waals surface area contributed by atoms with Crippen molar-refractivity contribution in [2.75, 3.05) is 13.1 Å². The van der Waals surface area contributed by atoms with Crippen LogP contribution in [0.4, 0.5) is 4.79 Å². The second-order valence-corrected chi connectivity index (χ2v) is 5.41. The van der Waals surface area contributed by atoms with Crippen molar-refractivity contribution in [1.29, 1.82) is 0 Å². The minimum absolute atomic E-state index is 0.172. The van der Waals surface area contributed by atoms with Crippen molar-refractivity contribution in [2.24, 2.45) is 11.8 Å². The highest BCUT2D eigenvalue weighted by Gasteiger charge is 2.18. The summed E-state index contributed by atoms with van der Waals surface area (Å²) in [4.78, 5) is 11.3. The van der Waals surface area contributed by atoms with Crippen LogP contribution in [0.15, 0.2) is 0 Å². The summed E-state index contributed by atoms with van der Waals surface area (Å²) in [6.45, 7) is 5.02. The molecule has 0 heterocycles. The lowest BCUT2D eigenvalue weighted by Gasteiger charge is -2.26. The van der Waals surface area contributed by atoms with Gasteiger partial charge in [-0.3, -0.25) is 0 Å². The molecule has 0 aromatic rings. The Kier molecular flexibility index (Phi) is 6.34. The largest absolute Gasteiger partial charge is 0.392 e. The summed E-state index contributed by atoms with van der Waals surface area (Å²) in [6, 6.07) is -0.172. The van der Waals surface area contributed by atoms with E-state index in [-0.39, 0.29) is 6.03 Å². The summed E-state index contributed by atoms with van der Waals surface area (Å²) in [5, 5.41) is 14.5. The Morgan fingerprint density at radius 3 is 2.82 bits per heavy atom. The third-order valence-corrected chi connectivity index (χ3v) is 3.44. The zero-order valence-corrected chi connectivity index (χ0v) is 11.0. The Labute approximate surface area is 104 Å². The Hall–Kier alpha value is -0.770. The fourth-order valence-electron chi connectivity index (χ4n) is 2.51. The molecule has 0 saturated heterocycles. The van der Waals surface area contributed by atoms with Crippen LogP contribution >= 0.6 is 0 Å². The number of rotatable bonds is 5. The number of hydrogen-bond acceptors (Lipinski definition) is 2. The van der Waals surface area contributed by atoms with Crippen molar-refractivity contribution < 1.29 is 9.90 Å². The van der Waals surface area contributed by atoms with Gasteiger partial charge in [-0.1, -0.05) is 26.2 Å². The predicted octanol–water partition coefficient (Wildman–Crippen LogP) is 1.88. The molecule has 0 aromatic carbocycles. The molecule has 0 aliphatic heterocycles. The lowest BCUT2D eigenvalue weighted by molar-refractivity contribution is 0.187. The van der Waals surface area contributed by atoms with Crippen molar-refractivity contribution in [1.82, 2.24) is 10.6 Å². The number of aliphatic hydroxyl groups excluding tert-OH is 1. The molecule has 0 aromatic heterocycles. The summed E-state index contributed by atoms with van der Waals surface area (Å²) in [5.74, 6) is 1.62. The summed E-state index contributed by atoms with van der Waals surface area (Å²) < 4.78 is 0. The maximum Gasteiger partial charge on any atom is 0.314 e. The number of urea groups is 1. The molecule has 17 heavy (non-hydrogen) atoms. The van der Waals surface area contributed by atoms with E-state index in [1.807, 2.05) is 0 Å². The van der Waals surface area contributed by atoms with E-state index >= 15 is 0 Å². The Balaban J connectivity index is 2.04. The average molecular weight is 242 g/mol. The van der Waals surface area contributed by atoms with Crippen molar-refractivity contribution >= 4 is 6.03 Å². The molecule has 0 radical (unpaired) electrons. The minimum Gasteiger partial charge on any atom is -0.392 e. The van der Waals surface area contributed by atoms with Crippen molar-refractivity contribution in [3.05, 3.63) is 0 Å². The van der Waals surface area contributed by atoms with Crippen LogP contribution in [0.1, 0.15) is 46.0 Å². The van der Waals surface area contributed by atoms with Gasteiger partial charge in [0.15, 0.2) is 0 Å². The maximum atomic E-state index is 11.3. The third-order valence-electron chi connectivity index (χ3n) is 3.44. The summed E-state index contributed by atoms with van der Waals surface area (Å²) in [6.07, 6.45) is 5.89. The molecule has 3 atom stereocenters. The zero-order chi connectivity index (χ0) is 12.7. The Morgan fingerprint density at radius 2 is 2.18 bits per heavy atom. The molecule has 4 nitrogen and oxygen atoms in total. The minimum atomic E-state index is -0.486. The van der Waals surface area contributed by atoms with Gasteiger partial charge in [0.25, 0.3) is 0 Å². The Morgan fingerprint density at radius 1 is 1.41 bits per heavy atom. The van der Waals surface area contributed by atoms with Crippen LogP contribution in [-0.2, 0) is 0 Å². The van der Waals surface area contributed by atoms with Gasteiger partial charge in [-0.15, -0.1) is 0 Å². The fraction of sp³-hybridized carbons (Fsp3) is 0.923. The number of amides is 2. The van der Waals surface area contributed by atoms with E-state index in [1.54, 1.807) is 6.92 Å². The van der Waals surface area contributed by atoms with Crippen LogP contribution in [0, 0.1) is 11.8 Å². The van der Waals surface area contributed by atoms with E-state index in [1.165, 1.54) is 25.7 Å². The van der Waals surface area contributed by atoms with E-state index in [9.17, 15) is 4.79 Å². The number of carbonyl (C=O) groups is 1. The van der Waals surface area contributed by atoms with E-state index in [4.69, 9.17) is 5.11 Å². The van der Waals surface area contributed by atoms with E-state index in [0.717, 1.165) is 24.8 Å². The maximum absolute atomic E-state index is 11.3. The number of aliphatic hydroxyl groups is 1.